The summed E-state index contributed by atoms with van der Waals surface area (Å²) in [5, 5.41) is 18.2. The van der Waals surface area contributed by atoms with Crippen molar-refractivity contribution < 1.29 is 4.79 Å². The third kappa shape index (κ3) is 2.79. The lowest BCUT2D eigenvalue weighted by atomic mass is 10.1. The minimum absolute atomic E-state index is 0.0711. The molecule has 0 bridgehead atoms. The fourth-order valence-electron chi connectivity index (χ4n) is 1.96. The highest BCUT2D eigenvalue weighted by molar-refractivity contribution is 6.08. The topological polar surface area (TPSA) is 83.7 Å². The van der Waals surface area contributed by atoms with Crippen LogP contribution in [-0.2, 0) is 0 Å². The number of hydrogen-bond donors (Lipinski definition) is 1. The molecule has 0 amide bonds. The first kappa shape index (κ1) is 12.8. The molecule has 0 spiro atoms. The molecular formula is C14H12N4O. The van der Waals surface area contributed by atoms with Gasteiger partial charge in [-0.15, -0.1) is 0 Å². The van der Waals surface area contributed by atoms with Crippen LogP contribution in [-0.4, -0.2) is 35.3 Å². The van der Waals surface area contributed by atoms with Crippen LogP contribution < -0.4 is 0 Å². The summed E-state index contributed by atoms with van der Waals surface area (Å²) in [4.78, 5) is 16.8. The number of H-pyrrole nitrogens is 1. The summed E-state index contributed by atoms with van der Waals surface area (Å²) < 4.78 is 0. The number of benzene rings is 1. The van der Waals surface area contributed by atoms with E-state index in [1.807, 2.05) is 36.4 Å². The van der Waals surface area contributed by atoms with Crippen LogP contribution in [0.3, 0.4) is 0 Å². The number of nitrogens with one attached hydrogen (secondary N) is 1. The van der Waals surface area contributed by atoms with Gasteiger partial charge in [-0.05, 0) is 6.07 Å². The molecule has 0 saturated heterocycles. The van der Waals surface area contributed by atoms with Crippen molar-refractivity contribution in [2.75, 3.05) is 19.6 Å². The molecule has 5 nitrogen and oxygen atoms in total. The first-order valence-corrected chi connectivity index (χ1v) is 5.82. The van der Waals surface area contributed by atoms with Crippen LogP contribution in [0.5, 0.6) is 0 Å². The molecule has 1 aromatic carbocycles. The molecule has 1 aromatic heterocycles. The number of carbonyl (C=O) groups excluding carboxylic acids is 1. The Kier molecular flexibility index (Phi) is 3.92. The minimum atomic E-state index is -0.0945. The van der Waals surface area contributed by atoms with Crippen molar-refractivity contribution in [1.82, 2.24) is 9.88 Å². The molecule has 2 aromatic rings. The van der Waals surface area contributed by atoms with Crippen molar-refractivity contribution in [3.05, 3.63) is 36.0 Å². The Balaban J connectivity index is 2.20. The molecule has 0 atom stereocenters. The number of ketones is 1. The van der Waals surface area contributed by atoms with E-state index in [9.17, 15) is 4.79 Å². The van der Waals surface area contributed by atoms with Crippen LogP contribution in [0.25, 0.3) is 10.9 Å². The van der Waals surface area contributed by atoms with Gasteiger partial charge in [0.15, 0.2) is 5.78 Å². The number of nitrogens with zero attached hydrogens (tertiary/aromatic N) is 3. The molecule has 1 N–H and O–H groups in total. The van der Waals surface area contributed by atoms with Crippen LogP contribution in [0, 0.1) is 22.7 Å². The molecule has 5 heteroatoms. The van der Waals surface area contributed by atoms with E-state index in [1.165, 1.54) is 4.90 Å². The summed E-state index contributed by atoms with van der Waals surface area (Å²) in [5.41, 5.74) is 1.49. The van der Waals surface area contributed by atoms with Gasteiger partial charge < -0.3 is 4.98 Å². The van der Waals surface area contributed by atoms with Crippen molar-refractivity contribution in [3.63, 3.8) is 0 Å². The quantitative estimate of drug-likeness (QED) is 0.648. The predicted octanol–water partition coefficient (Wildman–Crippen LogP) is 1.70. The molecule has 0 aliphatic carbocycles. The lowest BCUT2D eigenvalue weighted by Crippen LogP contribution is -2.30. The van der Waals surface area contributed by atoms with Crippen molar-refractivity contribution in [2.45, 2.75) is 0 Å². The zero-order valence-electron chi connectivity index (χ0n) is 10.3. The van der Waals surface area contributed by atoms with E-state index in [0.29, 0.717) is 5.56 Å². The van der Waals surface area contributed by atoms with Crippen molar-refractivity contribution in [2.24, 2.45) is 0 Å². The van der Waals surface area contributed by atoms with Crippen molar-refractivity contribution in [3.8, 4) is 12.1 Å². The van der Waals surface area contributed by atoms with Crippen LogP contribution in [0.2, 0.25) is 0 Å². The van der Waals surface area contributed by atoms with E-state index >= 15 is 0 Å². The van der Waals surface area contributed by atoms with Gasteiger partial charge in [-0.25, -0.2) is 0 Å². The molecule has 0 aliphatic rings. The average Bonchev–Trinajstić information content (AvgIpc) is 2.83. The second-order valence-electron chi connectivity index (χ2n) is 4.13. The zero-order valence-corrected chi connectivity index (χ0v) is 10.3. The number of nitriles is 2. The van der Waals surface area contributed by atoms with E-state index in [-0.39, 0.29) is 25.4 Å². The summed E-state index contributed by atoms with van der Waals surface area (Å²) >= 11 is 0. The SMILES string of the molecule is N#CCN(CC#N)CC(=O)c1c[nH]c2ccccc12. The fourth-order valence-corrected chi connectivity index (χ4v) is 1.96. The van der Waals surface area contributed by atoms with Crippen molar-refractivity contribution in [1.29, 1.82) is 10.5 Å². The number of aromatic amines is 1. The fraction of sp³-hybridized carbons (Fsp3) is 0.214. The number of hydrogen-bond acceptors (Lipinski definition) is 4. The van der Waals surface area contributed by atoms with Gasteiger partial charge >= 0.3 is 0 Å². The average molecular weight is 252 g/mol. The highest BCUT2D eigenvalue weighted by Gasteiger charge is 2.15. The molecule has 0 unspecified atom stereocenters. The van der Waals surface area contributed by atoms with E-state index in [1.54, 1.807) is 6.20 Å². The maximum atomic E-state index is 12.2. The number of aromatic nitrogens is 1. The Hall–Kier alpha value is -2.63. The van der Waals surface area contributed by atoms with Crippen LogP contribution >= 0.6 is 0 Å². The maximum Gasteiger partial charge on any atom is 0.179 e. The number of carbonyl (C=O) groups is 1. The van der Waals surface area contributed by atoms with E-state index in [0.717, 1.165) is 10.9 Å². The van der Waals surface area contributed by atoms with Crippen LogP contribution in [0.4, 0.5) is 0 Å². The van der Waals surface area contributed by atoms with Gasteiger partial charge in [-0.3, -0.25) is 9.69 Å². The van der Waals surface area contributed by atoms with E-state index in [2.05, 4.69) is 4.98 Å². The Labute approximate surface area is 110 Å². The summed E-state index contributed by atoms with van der Waals surface area (Å²) in [5.74, 6) is -0.0945. The Bertz CT molecular complexity index is 659. The third-order valence-electron chi connectivity index (χ3n) is 2.85. The van der Waals surface area contributed by atoms with E-state index < -0.39 is 0 Å². The van der Waals surface area contributed by atoms with Gasteiger partial charge in [0.05, 0.1) is 31.8 Å². The van der Waals surface area contributed by atoms with Crippen molar-refractivity contribution >= 4 is 16.7 Å². The van der Waals surface area contributed by atoms with Gasteiger partial charge in [0.1, 0.15) is 0 Å². The highest BCUT2D eigenvalue weighted by atomic mass is 16.1. The van der Waals surface area contributed by atoms with Crippen LogP contribution in [0.15, 0.2) is 30.5 Å². The van der Waals surface area contributed by atoms with Gasteiger partial charge in [0.2, 0.25) is 0 Å². The molecule has 0 saturated carbocycles. The largest absolute Gasteiger partial charge is 0.360 e. The third-order valence-corrected chi connectivity index (χ3v) is 2.85. The maximum absolute atomic E-state index is 12.2. The number of rotatable bonds is 5. The van der Waals surface area contributed by atoms with E-state index in [4.69, 9.17) is 10.5 Å². The molecule has 0 aliphatic heterocycles. The first-order chi connectivity index (χ1) is 9.26. The molecule has 2 rings (SSSR count). The monoisotopic (exact) mass is 252 g/mol. The summed E-state index contributed by atoms with van der Waals surface area (Å²) in [7, 11) is 0. The standard InChI is InChI=1S/C14H12N4O/c15-5-7-18(8-6-16)10-14(19)12-9-17-13-4-2-1-3-11(12)13/h1-4,9,17H,7-8,10H2. The smallest absolute Gasteiger partial charge is 0.179 e. The lowest BCUT2D eigenvalue weighted by Gasteiger charge is -2.13. The molecule has 0 fully saturated rings. The summed E-state index contributed by atoms with van der Waals surface area (Å²) in [6, 6.07) is 11.4. The molecule has 94 valence electrons. The normalized spacial score (nSPS) is 10.3. The summed E-state index contributed by atoms with van der Waals surface area (Å²) in [6.45, 7) is 0.215. The lowest BCUT2D eigenvalue weighted by molar-refractivity contribution is 0.0948. The molecular weight excluding hydrogens is 240 g/mol. The highest BCUT2D eigenvalue weighted by Crippen LogP contribution is 2.18. The predicted molar refractivity (Wildman–Crippen MR) is 70.3 cm³/mol. The first-order valence-electron chi connectivity index (χ1n) is 5.82. The molecule has 0 radical (unpaired) electrons. The Morgan fingerprint density at radius 2 is 1.89 bits per heavy atom. The van der Waals surface area contributed by atoms with Gasteiger partial charge in [-0.1, -0.05) is 18.2 Å². The zero-order chi connectivity index (χ0) is 13.7. The minimum Gasteiger partial charge on any atom is -0.360 e. The van der Waals surface area contributed by atoms with Gasteiger partial charge in [-0.2, -0.15) is 10.5 Å². The molecule has 19 heavy (non-hydrogen) atoms. The second-order valence-corrected chi connectivity index (χ2v) is 4.13. The second kappa shape index (κ2) is 5.81. The number of para-hydroxylation sites is 1. The summed E-state index contributed by atoms with van der Waals surface area (Å²) in [6.07, 6.45) is 1.67. The Morgan fingerprint density at radius 3 is 2.58 bits per heavy atom. The van der Waals surface area contributed by atoms with Gasteiger partial charge in [0, 0.05) is 22.7 Å². The van der Waals surface area contributed by atoms with Gasteiger partial charge in [0.25, 0.3) is 0 Å². The molecule has 1 heterocycles. The number of fused-ring (bicyclic) bond motifs is 1. The number of Topliss-reactive ketones (excluding diaryl/α,β-unsaturated/α-hetero) is 1. The Morgan fingerprint density at radius 1 is 1.21 bits per heavy atom. The van der Waals surface area contributed by atoms with Crippen LogP contribution in [0.1, 0.15) is 10.4 Å².